The number of alkyl halides is 14. The molecule has 0 heterocycles. The highest BCUT2D eigenvalue weighted by Gasteiger charge is 2.79. The van der Waals surface area contributed by atoms with Crippen molar-refractivity contribution in [3.8, 4) is 0 Å². The molecule has 0 aromatic rings. The maximum atomic E-state index is 13.1. The van der Waals surface area contributed by atoms with Crippen LogP contribution in [0, 0.1) is 0 Å². The third-order valence-electron chi connectivity index (χ3n) is 3.01. The molecule has 0 aromatic carbocycles. The first-order valence-corrected chi connectivity index (χ1v) is 9.70. The first kappa shape index (κ1) is 28.9. The van der Waals surface area contributed by atoms with E-state index in [0.717, 1.165) is 0 Å². The topological polar surface area (TPSA) is 80.3 Å². The van der Waals surface area contributed by atoms with Crippen LogP contribution in [0.4, 0.5) is 61.5 Å². The summed E-state index contributed by atoms with van der Waals surface area (Å²) in [7, 11) is -13.4. The summed E-state index contributed by atoms with van der Waals surface area (Å²) in [5.74, 6) is -22.3. The van der Waals surface area contributed by atoms with Crippen molar-refractivity contribution >= 4 is 20.0 Å². The zero-order valence-electron chi connectivity index (χ0n) is 13.4. The molecule has 0 saturated carbocycles. The van der Waals surface area contributed by atoms with E-state index in [1.54, 1.807) is 0 Å². The molecule has 182 valence electrons. The van der Waals surface area contributed by atoms with Gasteiger partial charge in [-0.05, 0) is 6.42 Å². The number of hydrogen-bond acceptors (Lipinski definition) is 4. The molecule has 0 aliphatic carbocycles. The molecule has 0 aliphatic rings. The number of rotatable bonds is 9. The SMILES string of the molecule is O=S(=O)(CCCC(F)(F)C(F)(F)C(F)(F)F)NS(=O)(=O)C(F)(F)C(F)(F)C(F)(F)F. The average Bonchev–Trinajstić information content (AvgIpc) is 2.42. The van der Waals surface area contributed by atoms with Crippen LogP contribution < -0.4 is 4.13 Å². The summed E-state index contributed by atoms with van der Waals surface area (Å²) in [4.78, 5) is 0. The van der Waals surface area contributed by atoms with Crippen molar-refractivity contribution in [2.75, 3.05) is 5.75 Å². The monoisotopic (exact) mass is 523 g/mol. The van der Waals surface area contributed by atoms with Gasteiger partial charge in [0.25, 0.3) is 10.0 Å². The van der Waals surface area contributed by atoms with Gasteiger partial charge in [-0.2, -0.15) is 61.5 Å². The Morgan fingerprint density at radius 1 is 0.600 bits per heavy atom. The molecule has 5 nitrogen and oxygen atoms in total. The first-order valence-electron chi connectivity index (χ1n) is 6.57. The van der Waals surface area contributed by atoms with Gasteiger partial charge in [0.15, 0.2) is 0 Å². The van der Waals surface area contributed by atoms with Gasteiger partial charge < -0.3 is 0 Å². The molecule has 0 unspecified atom stereocenters. The molecular formula is C9H7F14NO4S2. The van der Waals surface area contributed by atoms with Crippen molar-refractivity contribution in [2.45, 2.75) is 48.2 Å². The number of halogens is 14. The Hall–Kier alpha value is -1.12. The fourth-order valence-corrected chi connectivity index (χ4v) is 4.51. The number of sulfonamides is 2. The van der Waals surface area contributed by atoms with Crippen LogP contribution in [0.2, 0.25) is 0 Å². The first-order chi connectivity index (χ1) is 12.7. The van der Waals surface area contributed by atoms with Gasteiger partial charge in [-0.1, -0.05) is 0 Å². The Bertz CT molecular complexity index is 826. The quantitative estimate of drug-likeness (QED) is 0.469. The van der Waals surface area contributed by atoms with Gasteiger partial charge >= 0.3 is 35.4 Å². The molecule has 0 bridgehead atoms. The van der Waals surface area contributed by atoms with Crippen molar-refractivity contribution in [3.05, 3.63) is 0 Å². The van der Waals surface area contributed by atoms with Gasteiger partial charge in [0.05, 0.1) is 5.75 Å². The van der Waals surface area contributed by atoms with Gasteiger partial charge in [0.2, 0.25) is 10.0 Å². The molecule has 0 amide bonds. The Kier molecular flexibility index (Phi) is 7.49. The van der Waals surface area contributed by atoms with Crippen LogP contribution in [0.1, 0.15) is 12.8 Å². The summed E-state index contributed by atoms with van der Waals surface area (Å²) in [6.45, 7) is 0. The lowest BCUT2D eigenvalue weighted by molar-refractivity contribution is -0.355. The van der Waals surface area contributed by atoms with Crippen LogP contribution in [0.15, 0.2) is 0 Å². The molecule has 0 aliphatic heterocycles. The molecule has 0 atom stereocenters. The largest absolute Gasteiger partial charge is 0.461 e. The van der Waals surface area contributed by atoms with E-state index >= 15 is 0 Å². The van der Waals surface area contributed by atoms with Gasteiger partial charge in [-0.15, -0.1) is 4.13 Å². The van der Waals surface area contributed by atoms with Crippen LogP contribution in [0.25, 0.3) is 0 Å². The summed E-state index contributed by atoms with van der Waals surface area (Å²) >= 11 is 0. The van der Waals surface area contributed by atoms with E-state index in [-0.39, 0.29) is 4.13 Å². The van der Waals surface area contributed by atoms with E-state index in [0.29, 0.717) is 0 Å². The molecule has 0 aromatic heterocycles. The summed E-state index contributed by atoms with van der Waals surface area (Å²) in [5.41, 5.74) is 0. The highest BCUT2D eigenvalue weighted by Crippen LogP contribution is 2.49. The van der Waals surface area contributed by atoms with E-state index < -0.39 is 74.0 Å². The van der Waals surface area contributed by atoms with Crippen molar-refractivity contribution < 1.29 is 78.3 Å². The van der Waals surface area contributed by atoms with Crippen molar-refractivity contribution in [1.29, 1.82) is 0 Å². The third-order valence-corrected chi connectivity index (χ3v) is 6.67. The second-order valence-corrected chi connectivity index (χ2v) is 9.20. The number of hydrogen-bond donors (Lipinski definition) is 1. The summed E-state index contributed by atoms with van der Waals surface area (Å²) in [6.07, 6.45) is -18.6. The Labute approximate surface area is 157 Å². The predicted molar refractivity (Wildman–Crippen MR) is 67.0 cm³/mol. The smallest absolute Gasteiger partial charge is 0.211 e. The molecule has 1 N–H and O–H groups in total. The van der Waals surface area contributed by atoms with E-state index in [2.05, 4.69) is 0 Å². The van der Waals surface area contributed by atoms with Crippen LogP contribution in [0.3, 0.4) is 0 Å². The van der Waals surface area contributed by atoms with Crippen molar-refractivity contribution in [2.24, 2.45) is 0 Å². The number of nitrogens with one attached hydrogen (secondary N) is 1. The van der Waals surface area contributed by atoms with Gasteiger partial charge in [0.1, 0.15) is 0 Å². The minimum Gasteiger partial charge on any atom is -0.211 e. The lowest BCUT2D eigenvalue weighted by Gasteiger charge is -2.28. The molecule has 0 spiro atoms. The van der Waals surface area contributed by atoms with Crippen LogP contribution in [-0.4, -0.2) is 58.0 Å². The maximum Gasteiger partial charge on any atom is 0.461 e. The molecule has 0 fully saturated rings. The summed E-state index contributed by atoms with van der Waals surface area (Å²) in [6, 6.07) is 0. The van der Waals surface area contributed by atoms with Crippen molar-refractivity contribution in [3.63, 3.8) is 0 Å². The van der Waals surface area contributed by atoms with Gasteiger partial charge in [-0.3, -0.25) is 0 Å². The fourth-order valence-electron chi connectivity index (χ4n) is 1.44. The lowest BCUT2D eigenvalue weighted by atomic mass is 10.1. The summed E-state index contributed by atoms with van der Waals surface area (Å²) < 4.78 is 218. The summed E-state index contributed by atoms with van der Waals surface area (Å²) in [5, 5.41) is -7.15. The van der Waals surface area contributed by atoms with E-state index in [1.165, 1.54) is 0 Å². The Morgan fingerprint density at radius 2 is 0.967 bits per heavy atom. The normalized spacial score (nSPS) is 16.1. The van der Waals surface area contributed by atoms with Crippen LogP contribution in [-0.2, 0) is 20.0 Å². The van der Waals surface area contributed by atoms with Crippen LogP contribution in [0.5, 0.6) is 0 Å². The van der Waals surface area contributed by atoms with E-state index in [9.17, 15) is 78.3 Å². The van der Waals surface area contributed by atoms with Crippen LogP contribution >= 0.6 is 0 Å². The minimum absolute atomic E-state index is 0.334. The molecule has 0 rings (SSSR count). The average molecular weight is 523 g/mol. The van der Waals surface area contributed by atoms with Gasteiger partial charge in [-0.25, -0.2) is 16.8 Å². The third kappa shape index (κ3) is 5.37. The standard InChI is InChI=1S/C9H7F14NO4S2/c10-4(11,5(12,13)7(16,17)18)2-1-3-29(25,26)24-30(27,28)9(22,23)6(14,15)8(19,20)21/h24H,1-3H2. The Balaban J connectivity index is 5.50. The zero-order valence-corrected chi connectivity index (χ0v) is 15.0. The van der Waals surface area contributed by atoms with E-state index in [1.807, 2.05) is 0 Å². The molecule has 30 heavy (non-hydrogen) atoms. The molecule has 0 saturated heterocycles. The van der Waals surface area contributed by atoms with E-state index in [4.69, 9.17) is 0 Å². The van der Waals surface area contributed by atoms with Crippen molar-refractivity contribution in [1.82, 2.24) is 4.13 Å². The lowest BCUT2D eigenvalue weighted by Crippen LogP contribution is -2.59. The minimum atomic E-state index is -7.43. The molecule has 0 radical (unpaired) electrons. The van der Waals surface area contributed by atoms with Gasteiger partial charge in [0, 0.05) is 6.42 Å². The Morgan fingerprint density at radius 3 is 1.30 bits per heavy atom. The maximum absolute atomic E-state index is 13.1. The highest BCUT2D eigenvalue weighted by molar-refractivity contribution is 8.05. The molecular weight excluding hydrogens is 516 g/mol. The highest BCUT2D eigenvalue weighted by atomic mass is 32.3. The second-order valence-electron chi connectivity index (χ2n) is 5.37. The second kappa shape index (κ2) is 7.78. The predicted octanol–water partition coefficient (Wildman–Crippen LogP) is 3.64. The fraction of sp³-hybridized carbons (Fsp3) is 1.00. The zero-order chi connectivity index (χ0) is 24.8. The molecule has 21 heteroatoms.